The van der Waals surface area contributed by atoms with Gasteiger partial charge in [-0.25, -0.2) is 17.7 Å². The van der Waals surface area contributed by atoms with Crippen molar-refractivity contribution in [1.29, 1.82) is 0 Å². The lowest BCUT2D eigenvalue weighted by Gasteiger charge is -2.15. The van der Waals surface area contributed by atoms with E-state index in [1.807, 2.05) is 22.2 Å². The van der Waals surface area contributed by atoms with Crippen molar-refractivity contribution < 1.29 is 13.2 Å². The molecule has 3 aromatic rings. The first kappa shape index (κ1) is 18.1. The molecule has 1 amide bonds. The molecular weight excluding hydrogens is 380 g/mol. The van der Waals surface area contributed by atoms with Crippen molar-refractivity contribution in [2.75, 3.05) is 13.6 Å². The second kappa shape index (κ2) is 7.65. The Labute approximate surface area is 154 Å². The molecule has 0 atom stereocenters. The van der Waals surface area contributed by atoms with Crippen LogP contribution in [0.3, 0.4) is 0 Å². The summed E-state index contributed by atoms with van der Waals surface area (Å²) >= 11 is 2.73. The third-order valence-electron chi connectivity index (χ3n) is 3.65. The van der Waals surface area contributed by atoms with Crippen molar-refractivity contribution >= 4 is 43.6 Å². The monoisotopic (exact) mass is 398 g/mol. The van der Waals surface area contributed by atoms with Crippen LogP contribution in [0.25, 0.3) is 4.96 Å². The molecule has 0 aromatic carbocycles. The second-order valence-electron chi connectivity index (χ2n) is 5.46. The fourth-order valence-electron chi connectivity index (χ4n) is 2.29. The van der Waals surface area contributed by atoms with Gasteiger partial charge in [0, 0.05) is 37.8 Å². The van der Waals surface area contributed by atoms with Gasteiger partial charge in [-0.3, -0.25) is 9.20 Å². The second-order valence-corrected chi connectivity index (χ2v) is 9.56. The molecule has 0 spiro atoms. The molecule has 10 heteroatoms. The molecule has 0 unspecified atom stereocenters. The highest BCUT2D eigenvalue weighted by molar-refractivity contribution is 7.91. The van der Waals surface area contributed by atoms with Gasteiger partial charge < -0.3 is 5.32 Å². The van der Waals surface area contributed by atoms with Crippen LogP contribution in [0, 0.1) is 0 Å². The van der Waals surface area contributed by atoms with E-state index in [9.17, 15) is 13.2 Å². The SMILES string of the molecule is CN(CCCC(=O)NCc1cn2ccsc2n1)S(=O)(=O)c1cccs1. The number of thiazole rings is 1. The zero-order valence-electron chi connectivity index (χ0n) is 13.6. The van der Waals surface area contributed by atoms with Crippen LogP contribution in [0.1, 0.15) is 18.5 Å². The summed E-state index contributed by atoms with van der Waals surface area (Å²) < 4.78 is 28.1. The average molecular weight is 399 g/mol. The van der Waals surface area contributed by atoms with Crippen LogP contribution in [-0.2, 0) is 21.4 Å². The summed E-state index contributed by atoms with van der Waals surface area (Å²) in [5, 5.41) is 6.49. The van der Waals surface area contributed by atoms with Crippen LogP contribution in [0.5, 0.6) is 0 Å². The number of carbonyl (C=O) groups is 1. The number of nitrogens with zero attached hydrogens (tertiary/aromatic N) is 3. The molecule has 0 aliphatic carbocycles. The molecule has 134 valence electrons. The molecule has 3 heterocycles. The topological polar surface area (TPSA) is 83.8 Å². The molecule has 1 N–H and O–H groups in total. The van der Waals surface area contributed by atoms with E-state index in [2.05, 4.69) is 10.3 Å². The van der Waals surface area contributed by atoms with Crippen LogP contribution in [0.4, 0.5) is 0 Å². The van der Waals surface area contributed by atoms with E-state index in [0.29, 0.717) is 23.7 Å². The minimum Gasteiger partial charge on any atom is -0.350 e. The van der Waals surface area contributed by atoms with E-state index in [4.69, 9.17) is 0 Å². The number of hydrogen-bond acceptors (Lipinski definition) is 6. The van der Waals surface area contributed by atoms with Gasteiger partial charge in [-0.2, -0.15) is 0 Å². The Bertz CT molecular complexity index is 915. The quantitative estimate of drug-likeness (QED) is 0.630. The third-order valence-corrected chi connectivity index (χ3v) is 7.65. The van der Waals surface area contributed by atoms with E-state index in [1.165, 1.54) is 34.0 Å². The summed E-state index contributed by atoms with van der Waals surface area (Å²) in [5.74, 6) is -0.113. The molecule has 0 saturated heterocycles. The lowest BCUT2D eigenvalue weighted by molar-refractivity contribution is -0.121. The summed E-state index contributed by atoms with van der Waals surface area (Å²) in [5.41, 5.74) is 0.803. The van der Waals surface area contributed by atoms with Gasteiger partial charge in [0.25, 0.3) is 10.0 Å². The van der Waals surface area contributed by atoms with E-state index >= 15 is 0 Å². The number of imidazole rings is 1. The first-order chi connectivity index (χ1) is 12.0. The van der Waals surface area contributed by atoms with Gasteiger partial charge in [0.15, 0.2) is 4.96 Å². The van der Waals surface area contributed by atoms with E-state index < -0.39 is 10.0 Å². The molecule has 0 aliphatic rings. The Morgan fingerprint density at radius 3 is 2.92 bits per heavy atom. The predicted molar refractivity (Wildman–Crippen MR) is 98.3 cm³/mol. The van der Waals surface area contributed by atoms with Gasteiger partial charge in [0.05, 0.1) is 12.2 Å². The fraction of sp³-hybridized carbons (Fsp3) is 0.333. The standard InChI is InChI=1S/C15H18N4O3S3/c1-18(25(21,22)14-5-3-8-23-14)6-2-4-13(20)16-10-12-11-19-7-9-24-15(19)17-12/h3,5,7-9,11H,2,4,6,10H2,1H3,(H,16,20). The number of sulfonamides is 1. The third kappa shape index (κ3) is 4.27. The Balaban J connectivity index is 1.42. The predicted octanol–water partition coefficient (Wildman–Crippen LogP) is 2.17. The van der Waals surface area contributed by atoms with Gasteiger partial charge in [0.2, 0.25) is 5.91 Å². The maximum absolute atomic E-state index is 12.3. The number of aromatic nitrogens is 2. The number of nitrogens with one attached hydrogen (secondary N) is 1. The van der Waals surface area contributed by atoms with Crippen molar-refractivity contribution in [3.05, 3.63) is 41.0 Å². The molecular formula is C15H18N4O3S3. The summed E-state index contributed by atoms with van der Waals surface area (Å²) in [6, 6.07) is 3.29. The number of rotatable bonds is 8. The zero-order valence-corrected chi connectivity index (χ0v) is 16.0. The normalized spacial score (nSPS) is 12.1. The van der Waals surface area contributed by atoms with Gasteiger partial charge in [-0.15, -0.1) is 22.7 Å². The lowest BCUT2D eigenvalue weighted by atomic mass is 10.3. The maximum atomic E-state index is 12.3. The largest absolute Gasteiger partial charge is 0.350 e. The lowest BCUT2D eigenvalue weighted by Crippen LogP contribution is -2.29. The van der Waals surface area contributed by atoms with Crippen LogP contribution >= 0.6 is 22.7 Å². The average Bonchev–Trinajstić information content (AvgIpc) is 3.29. The van der Waals surface area contributed by atoms with Crippen molar-refractivity contribution in [3.63, 3.8) is 0 Å². The van der Waals surface area contributed by atoms with E-state index in [-0.39, 0.29) is 12.3 Å². The molecule has 0 aliphatic heterocycles. The Morgan fingerprint density at radius 2 is 2.20 bits per heavy atom. The minimum absolute atomic E-state index is 0.113. The number of fused-ring (bicyclic) bond motifs is 1. The van der Waals surface area contributed by atoms with Crippen molar-refractivity contribution in [2.24, 2.45) is 0 Å². The number of thiophene rings is 1. The van der Waals surface area contributed by atoms with Gasteiger partial charge >= 0.3 is 0 Å². The van der Waals surface area contributed by atoms with Crippen molar-refractivity contribution in [1.82, 2.24) is 19.0 Å². The summed E-state index contributed by atoms with van der Waals surface area (Å²) in [6.45, 7) is 0.671. The van der Waals surface area contributed by atoms with E-state index in [0.717, 1.165) is 10.7 Å². The number of hydrogen-bond donors (Lipinski definition) is 1. The zero-order chi connectivity index (χ0) is 17.9. The summed E-state index contributed by atoms with van der Waals surface area (Å²) in [6.07, 6.45) is 4.54. The molecule has 7 nitrogen and oxygen atoms in total. The Hall–Kier alpha value is -1.75. The minimum atomic E-state index is -3.45. The Kier molecular flexibility index (Phi) is 5.52. The molecule has 25 heavy (non-hydrogen) atoms. The molecule has 3 aromatic heterocycles. The van der Waals surface area contributed by atoms with Crippen molar-refractivity contribution in [3.8, 4) is 0 Å². The van der Waals surface area contributed by atoms with Crippen LogP contribution < -0.4 is 5.32 Å². The highest BCUT2D eigenvalue weighted by Crippen LogP contribution is 2.20. The van der Waals surface area contributed by atoms with E-state index in [1.54, 1.807) is 17.5 Å². The molecule has 3 rings (SSSR count). The van der Waals surface area contributed by atoms with Gasteiger partial charge in [0.1, 0.15) is 4.21 Å². The molecule has 0 radical (unpaired) electrons. The maximum Gasteiger partial charge on any atom is 0.252 e. The number of amides is 1. The van der Waals surface area contributed by atoms with Crippen molar-refractivity contribution in [2.45, 2.75) is 23.6 Å². The van der Waals surface area contributed by atoms with Gasteiger partial charge in [-0.05, 0) is 17.9 Å². The first-order valence-electron chi connectivity index (χ1n) is 7.64. The van der Waals surface area contributed by atoms with Crippen LogP contribution in [0.2, 0.25) is 0 Å². The Morgan fingerprint density at radius 1 is 1.36 bits per heavy atom. The van der Waals surface area contributed by atoms with Crippen LogP contribution in [-0.4, -0.2) is 41.6 Å². The fourth-order valence-corrected chi connectivity index (χ4v) is 5.41. The number of carbonyl (C=O) groups excluding carboxylic acids is 1. The summed E-state index contributed by atoms with van der Waals surface area (Å²) in [4.78, 5) is 17.2. The summed E-state index contributed by atoms with van der Waals surface area (Å²) in [7, 11) is -1.92. The first-order valence-corrected chi connectivity index (χ1v) is 10.8. The van der Waals surface area contributed by atoms with Crippen LogP contribution in [0.15, 0.2) is 39.5 Å². The van der Waals surface area contributed by atoms with Gasteiger partial charge in [-0.1, -0.05) is 6.07 Å². The smallest absolute Gasteiger partial charge is 0.252 e. The molecule has 0 bridgehead atoms. The molecule has 0 fully saturated rings. The highest BCUT2D eigenvalue weighted by atomic mass is 32.2. The molecule has 0 saturated carbocycles. The highest BCUT2D eigenvalue weighted by Gasteiger charge is 2.21.